The first-order valence-corrected chi connectivity index (χ1v) is 12.6. The second-order valence-corrected chi connectivity index (χ2v) is 10.3. The summed E-state index contributed by atoms with van der Waals surface area (Å²) in [5.41, 5.74) is 1.21. The Morgan fingerprint density at radius 3 is 2.44 bits per heavy atom. The van der Waals surface area contributed by atoms with Crippen LogP contribution in [0.4, 0.5) is 14.6 Å². The number of aldehydes is 1. The minimum Gasteiger partial charge on any atom is -0.373 e. The molecule has 0 radical (unpaired) electrons. The molecule has 0 fully saturated rings. The number of aromatic nitrogens is 2. The van der Waals surface area contributed by atoms with E-state index in [2.05, 4.69) is 10.4 Å². The Labute approximate surface area is 216 Å². The number of halogens is 3. The molecule has 0 aliphatic rings. The topological polar surface area (TPSA) is 67.2 Å². The molecule has 1 heterocycles. The molecular weight excluding hydrogens is 484 g/mol. The standard InChI is InChI=1S/C28H34ClF2N3O2/c1-5-8-20(17-27(3,4)18-35)26(36)32-25-16-24(34(33-25)23-13-11-22(29)12-14-23)19-9-7-10-21(15-19)28(30,31)6-2/h7,9-16,18,20,26,36H,5-6,8,17H2,1-4H3,(H,32,33)/t20-,26?/m1/s1. The van der Waals surface area contributed by atoms with Gasteiger partial charge in [-0.15, -0.1) is 5.10 Å². The van der Waals surface area contributed by atoms with Crippen molar-refractivity contribution in [3.05, 3.63) is 65.2 Å². The summed E-state index contributed by atoms with van der Waals surface area (Å²) in [5.74, 6) is -2.73. The molecule has 194 valence electrons. The van der Waals surface area contributed by atoms with Gasteiger partial charge in [-0.1, -0.05) is 63.9 Å². The zero-order valence-electron chi connectivity index (χ0n) is 21.1. The van der Waals surface area contributed by atoms with Crippen molar-refractivity contribution in [2.45, 2.75) is 65.5 Å². The van der Waals surface area contributed by atoms with Gasteiger partial charge in [-0.05, 0) is 43.2 Å². The van der Waals surface area contributed by atoms with E-state index in [1.807, 2.05) is 20.8 Å². The molecule has 0 aliphatic heterocycles. The highest BCUT2D eigenvalue weighted by Gasteiger charge is 2.30. The molecule has 3 rings (SSSR count). The SMILES string of the molecule is CCC[C@H](CC(C)(C)C=O)C(O)Nc1cc(-c2cccc(C(F)(F)CC)c2)n(-c2ccc(Cl)cc2)n1. The van der Waals surface area contributed by atoms with Crippen molar-refractivity contribution >= 4 is 23.7 Å². The van der Waals surface area contributed by atoms with Gasteiger partial charge in [0.15, 0.2) is 5.82 Å². The van der Waals surface area contributed by atoms with Crippen LogP contribution in [0.1, 0.15) is 58.9 Å². The predicted octanol–water partition coefficient (Wildman–Crippen LogP) is 7.46. The van der Waals surface area contributed by atoms with E-state index in [-0.39, 0.29) is 17.9 Å². The Balaban J connectivity index is 2.02. The Bertz CT molecular complexity index is 1160. The first kappa shape index (κ1) is 27.8. The van der Waals surface area contributed by atoms with Crippen molar-refractivity contribution in [2.75, 3.05) is 5.32 Å². The van der Waals surface area contributed by atoms with Crippen LogP contribution in [0.15, 0.2) is 54.6 Å². The minimum atomic E-state index is -2.95. The highest BCUT2D eigenvalue weighted by Crippen LogP contribution is 2.35. The zero-order chi connectivity index (χ0) is 26.5. The third-order valence-corrected chi connectivity index (χ3v) is 6.57. The molecule has 0 spiro atoms. The summed E-state index contributed by atoms with van der Waals surface area (Å²) in [6, 6.07) is 15.0. The van der Waals surface area contributed by atoms with Gasteiger partial charge in [-0.3, -0.25) is 0 Å². The maximum atomic E-state index is 14.4. The van der Waals surface area contributed by atoms with Crippen molar-refractivity contribution < 1.29 is 18.7 Å². The number of alkyl halides is 2. The highest BCUT2D eigenvalue weighted by atomic mass is 35.5. The number of carbonyl (C=O) groups is 1. The molecule has 0 amide bonds. The lowest BCUT2D eigenvalue weighted by Crippen LogP contribution is -2.33. The van der Waals surface area contributed by atoms with E-state index in [4.69, 9.17) is 11.6 Å². The average molecular weight is 518 g/mol. The van der Waals surface area contributed by atoms with E-state index in [9.17, 15) is 18.7 Å². The molecule has 0 saturated heterocycles. The molecule has 8 heteroatoms. The van der Waals surface area contributed by atoms with Crippen LogP contribution in [0.25, 0.3) is 16.9 Å². The summed E-state index contributed by atoms with van der Waals surface area (Å²) in [5, 5.41) is 19.3. The molecule has 1 aromatic heterocycles. The second-order valence-electron chi connectivity index (χ2n) is 9.89. The van der Waals surface area contributed by atoms with Crippen molar-refractivity contribution in [1.82, 2.24) is 9.78 Å². The molecule has 0 saturated carbocycles. The summed E-state index contributed by atoms with van der Waals surface area (Å²) >= 11 is 6.06. The van der Waals surface area contributed by atoms with Crippen LogP contribution >= 0.6 is 11.6 Å². The number of nitrogens with one attached hydrogen (secondary N) is 1. The van der Waals surface area contributed by atoms with Crippen molar-refractivity contribution in [2.24, 2.45) is 11.3 Å². The van der Waals surface area contributed by atoms with Gasteiger partial charge < -0.3 is 15.2 Å². The predicted molar refractivity (Wildman–Crippen MR) is 141 cm³/mol. The zero-order valence-corrected chi connectivity index (χ0v) is 21.9. The Hall–Kier alpha value is -2.77. The fourth-order valence-electron chi connectivity index (χ4n) is 4.28. The first-order valence-electron chi connectivity index (χ1n) is 12.3. The molecule has 36 heavy (non-hydrogen) atoms. The monoisotopic (exact) mass is 517 g/mol. The number of benzene rings is 2. The largest absolute Gasteiger partial charge is 0.373 e. The Morgan fingerprint density at radius 2 is 1.83 bits per heavy atom. The summed E-state index contributed by atoms with van der Waals surface area (Å²) in [7, 11) is 0. The Kier molecular flexibility index (Phi) is 8.90. The van der Waals surface area contributed by atoms with Crippen LogP contribution in [-0.2, 0) is 10.7 Å². The van der Waals surface area contributed by atoms with E-state index >= 15 is 0 Å². The van der Waals surface area contributed by atoms with Crippen molar-refractivity contribution in [1.29, 1.82) is 0 Å². The van der Waals surface area contributed by atoms with E-state index in [1.54, 1.807) is 47.1 Å². The van der Waals surface area contributed by atoms with Gasteiger partial charge in [0.05, 0.1) is 11.4 Å². The van der Waals surface area contributed by atoms with Crippen molar-refractivity contribution in [3.63, 3.8) is 0 Å². The number of hydrogen-bond donors (Lipinski definition) is 2. The van der Waals surface area contributed by atoms with Gasteiger partial charge in [0.1, 0.15) is 12.5 Å². The van der Waals surface area contributed by atoms with Crippen LogP contribution in [0.3, 0.4) is 0 Å². The van der Waals surface area contributed by atoms with E-state index in [0.29, 0.717) is 34.2 Å². The van der Waals surface area contributed by atoms with Crippen LogP contribution in [0, 0.1) is 11.3 Å². The number of carbonyl (C=O) groups excluding carboxylic acids is 1. The second kappa shape index (κ2) is 11.5. The van der Waals surface area contributed by atoms with Gasteiger partial charge >= 0.3 is 0 Å². The molecule has 0 bridgehead atoms. The van der Waals surface area contributed by atoms with Gasteiger partial charge in [-0.25, -0.2) is 13.5 Å². The number of aliphatic hydroxyl groups is 1. The summed E-state index contributed by atoms with van der Waals surface area (Å²) in [4.78, 5) is 11.5. The lowest BCUT2D eigenvalue weighted by molar-refractivity contribution is -0.115. The normalized spacial score (nSPS) is 13.9. The molecule has 3 aromatic rings. The average Bonchev–Trinajstić information content (AvgIpc) is 3.28. The molecule has 0 aliphatic carbocycles. The summed E-state index contributed by atoms with van der Waals surface area (Å²) in [6.45, 7) is 7.18. The van der Waals surface area contributed by atoms with Crippen LogP contribution in [-0.4, -0.2) is 27.4 Å². The Morgan fingerprint density at radius 1 is 1.14 bits per heavy atom. The van der Waals surface area contributed by atoms with E-state index < -0.39 is 17.6 Å². The highest BCUT2D eigenvalue weighted by molar-refractivity contribution is 6.30. The van der Waals surface area contributed by atoms with Crippen LogP contribution in [0.5, 0.6) is 0 Å². The van der Waals surface area contributed by atoms with Gasteiger partial charge in [0.2, 0.25) is 0 Å². The number of hydrogen-bond acceptors (Lipinski definition) is 4. The lowest BCUT2D eigenvalue weighted by atomic mass is 9.81. The third kappa shape index (κ3) is 6.71. The molecule has 5 nitrogen and oxygen atoms in total. The molecule has 2 aromatic carbocycles. The van der Waals surface area contributed by atoms with Crippen molar-refractivity contribution in [3.8, 4) is 16.9 Å². The number of anilines is 1. The molecule has 2 N–H and O–H groups in total. The first-order chi connectivity index (χ1) is 17.0. The van der Waals surface area contributed by atoms with E-state index in [1.165, 1.54) is 19.1 Å². The maximum absolute atomic E-state index is 14.4. The number of rotatable bonds is 12. The fourth-order valence-corrected chi connectivity index (χ4v) is 4.41. The number of nitrogens with zero attached hydrogens (tertiary/aromatic N) is 2. The van der Waals surface area contributed by atoms with Crippen LogP contribution < -0.4 is 5.32 Å². The lowest BCUT2D eigenvalue weighted by Gasteiger charge is -2.29. The maximum Gasteiger partial charge on any atom is 0.273 e. The quantitative estimate of drug-likeness (QED) is 0.193. The fraction of sp³-hybridized carbons (Fsp3) is 0.429. The minimum absolute atomic E-state index is 0.0694. The van der Waals surface area contributed by atoms with Crippen LogP contribution in [0.2, 0.25) is 5.02 Å². The molecular formula is C28H34ClF2N3O2. The smallest absolute Gasteiger partial charge is 0.273 e. The summed E-state index contributed by atoms with van der Waals surface area (Å²) in [6.07, 6.45) is 1.75. The van der Waals surface area contributed by atoms with E-state index in [0.717, 1.165) is 19.1 Å². The van der Waals surface area contributed by atoms with Gasteiger partial charge in [0, 0.05) is 40.0 Å². The summed E-state index contributed by atoms with van der Waals surface area (Å²) < 4.78 is 30.5. The molecule has 2 atom stereocenters. The van der Waals surface area contributed by atoms with Gasteiger partial charge in [0.25, 0.3) is 5.92 Å². The third-order valence-electron chi connectivity index (χ3n) is 6.31. The van der Waals surface area contributed by atoms with Gasteiger partial charge in [-0.2, -0.15) is 0 Å². The number of aliphatic hydroxyl groups excluding tert-OH is 1. The molecule has 1 unspecified atom stereocenters.